The number of amides is 1. The van der Waals surface area contributed by atoms with Gasteiger partial charge >= 0.3 is 5.97 Å². The molecule has 108 valence electrons. The molecule has 4 nitrogen and oxygen atoms in total. The number of carboxylic acids is 1. The molecule has 1 saturated heterocycles. The number of hydrogen-bond donors (Lipinski definition) is 2. The molecule has 1 amide bonds. The van der Waals surface area contributed by atoms with Crippen LogP contribution in [0, 0.1) is 5.92 Å². The Bertz CT molecular complexity index is 523. The molecule has 1 aromatic rings. The van der Waals surface area contributed by atoms with Crippen molar-refractivity contribution < 1.29 is 14.7 Å². The van der Waals surface area contributed by atoms with Crippen LogP contribution in [0.4, 0.5) is 0 Å². The van der Waals surface area contributed by atoms with Gasteiger partial charge in [-0.15, -0.1) is 0 Å². The van der Waals surface area contributed by atoms with Crippen molar-refractivity contribution in [3.63, 3.8) is 0 Å². The van der Waals surface area contributed by atoms with Gasteiger partial charge < -0.3 is 10.0 Å². The van der Waals surface area contributed by atoms with Crippen LogP contribution in [0.25, 0.3) is 0 Å². The van der Waals surface area contributed by atoms with E-state index in [1.807, 2.05) is 6.07 Å². The van der Waals surface area contributed by atoms with Gasteiger partial charge in [0.15, 0.2) is 0 Å². The number of thiol groups is 1. The number of carboxylic acid groups (broad SMARTS) is 1. The number of benzene rings is 1. The van der Waals surface area contributed by atoms with Crippen molar-refractivity contribution in [3.05, 3.63) is 34.9 Å². The van der Waals surface area contributed by atoms with Crippen molar-refractivity contribution >= 4 is 36.1 Å². The lowest BCUT2D eigenvalue weighted by atomic mass is 10.0. The SMILES string of the molecule is O=C(O)[C@H](Cc1ccccc1Cl)N1CC(CS)CC1=O. The van der Waals surface area contributed by atoms with Crippen molar-refractivity contribution in [2.45, 2.75) is 18.9 Å². The Hall–Kier alpha value is -1.20. The van der Waals surface area contributed by atoms with Gasteiger partial charge in [-0.2, -0.15) is 12.6 Å². The standard InChI is InChI=1S/C14H16ClNO3S/c15-11-4-2-1-3-10(11)6-12(14(18)19)16-7-9(8-20)5-13(16)17/h1-4,9,12,20H,5-8H2,(H,18,19)/t9?,12-/m0/s1. The van der Waals surface area contributed by atoms with Crippen molar-refractivity contribution in [3.8, 4) is 0 Å². The number of rotatable bonds is 5. The normalized spacial score (nSPS) is 20.2. The first-order valence-corrected chi connectivity index (χ1v) is 7.40. The maximum Gasteiger partial charge on any atom is 0.326 e. The van der Waals surface area contributed by atoms with E-state index < -0.39 is 12.0 Å². The number of hydrogen-bond acceptors (Lipinski definition) is 3. The highest BCUT2D eigenvalue weighted by Crippen LogP contribution is 2.25. The minimum absolute atomic E-state index is 0.122. The van der Waals surface area contributed by atoms with Crippen LogP contribution in [-0.4, -0.2) is 40.2 Å². The van der Waals surface area contributed by atoms with Gasteiger partial charge in [0.05, 0.1) is 0 Å². The quantitative estimate of drug-likeness (QED) is 0.819. The average Bonchev–Trinajstić information content (AvgIpc) is 2.78. The summed E-state index contributed by atoms with van der Waals surface area (Å²) in [5.41, 5.74) is 0.740. The minimum Gasteiger partial charge on any atom is -0.480 e. The Morgan fingerprint density at radius 2 is 2.20 bits per heavy atom. The van der Waals surface area contributed by atoms with Crippen LogP contribution in [0.15, 0.2) is 24.3 Å². The molecule has 0 saturated carbocycles. The number of halogens is 1. The highest BCUT2D eigenvalue weighted by atomic mass is 35.5. The summed E-state index contributed by atoms with van der Waals surface area (Å²) in [6, 6.07) is 6.24. The molecular weight excluding hydrogens is 298 g/mol. The summed E-state index contributed by atoms with van der Waals surface area (Å²) < 4.78 is 0. The monoisotopic (exact) mass is 313 g/mol. The molecule has 20 heavy (non-hydrogen) atoms. The molecule has 0 aromatic heterocycles. The maximum absolute atomic E-state index is 12.0. The molecule has 2 rings (SSSR count). The Morgan fingerprint density at radius 3 is 2.75 bits per heavy atom. The van der Waals surface area contributed by atoms with Crippen LogP contribution in [0.2, 0.25) is 5.02 Å². The zero-order chi connectivity index (χ0) is 14.7. The summed E-state index contributed by atoms with van der Waals surface area (Å²) in [6.45, 7) is 0.448. The lowest BCUT2D eigenvalue weighted by Gasteiger charge is -2.25. The van der Waals surface area contributed by atoms with Gasteiger partial charge in [0.1, 0.15) is 6.04 Å². The third-order valence-electron chi connectivity index (χ3n) is 3.53. The van der Waals surface area contributed by atoms with E-state index in [4.69, 9.17) is 11.6 Å². The molecule has 1 aromatic carbocycles. The van der Waals surface area contributed by atoms with Crippen molar-refractivity contribution in [2.24, 2.45) is 5.92 Å². The van der Waals surface area contributed by atoms with Crippen LogP contribution in [-0.2, 0) is 16.0 Å². The van der Waals surface area contributed by atoms with E-state index >= 15 is 0 Å². The third-order valence-corrected chi connectivity index (χ3v) is 4.41. The van der Waals surface area contributed by atoms with Gasteiger partial charge in [0, 0.05) is 24.4 Å². The van der Waals surface area contributed by atoms with Gasteiger partial charge in [0.25, 0.3) is 0 Å². The van der Waals surface area contributed by atoms with Crippen molar-refractivity contribution in [2.75, 3.05) is 12.3 Å². The first-order chi connectivity index (χ1) is 9.52. The van der Waals surface area contributed by atoms with E-state index in [9.17, 15) is 14.7 Å². The molecule has 1 N–H and O–H groups in total. The smallest absolute Gasteiger partial charge is 0.326 e. The van der Waals surface area contributed by atoms with Gasteiger partial charge in [-0.3, -0.25) is 4.79 Å². The summed E-state index contributed by atoms with van der Waals surface area (Å²) in [6.07, 6.45) is 0.593. The second-order valence-corrected chi connectivity index (χ2v) is 5.72. The zero-order valence-corrected chi connectivity index (χ0v) is 12.5. The summed E-state index contributed by atoms with van der Waals surface area (Å²) in [5, 5.41) is 9.93. The van der Waals surface area contributed by atoms with Crippen LogP contribution in [0.3, 0.4) is 0 Å². The van der Waals surface area contributed by atoms with Crippen molar-refractivity contribution in [1.29, 1.82) is 0 Å². The predicted octanol–water partition coefficient (Wildman–Crippen LogP) is 2.11. The summed E-state index contributed by atoms with van der Waals surface area (Å²) in [5.74, 6) is -0.416. The Balaban J connectivity index is 2.18. The molecule has 1 aliphatic heterocycles. The molecule has 1 unspecified atom stereocenters. The van der Waals surface area contributed by atoms with E-state index in [-0.39, 0.29) is 18.2 Å². The molecule has 0 bridgehead atoms. The molecule has 0 radical (unpaired) electrons. The van der Waals surface area contributed by atoms with Crippen LogP contribution >= 0.6 is 24.2 Å². The van der Waals surface area contributed by atoms with E-state index in [0.717, 1.165) is 5.56 Å². The third kappa shape index (κ3) is 3.27. The second kappa shape index (κ2) is 6.50. The lowest BCUT2D eigenvalue weighted by Crippen LogP contribution is -2.43. The number of nitrogens with zero attached hydrogens (tertiary/aromatic N) is 1. The Labute approximate surface area is 128 Å². The first kappa shape index (κ1) is 15.2. The molecule has 2 atom stereocenters. The lowest BCUT2D eigenvalue weighted by molar-refractivity contribution is -0.148. The van der Waals surface area contributed by atoms with Crippen molar-refractivity contribution in [1.82, 2.24) is 4.90 Å². The maximum atomic E-state index is 12.0. The number of carbonyl (C=O) groups excluding carboxylic acids is 1. The molecule has 1 aliphatic rings. The average molecular weight is 314 g/mol. The van der Waals surface area contributed by atoms with Crippen LogP contribution in [0.5, 0.6) is 0 Å². The van der Waals surface area contributed by atoms with Crippen LogP contribution in [0.1, 0.15) is 12.0 Å². The van der Waals surface area contributed by atoms with E-state index in [0.29, 0.717) is 23.7 Å². The number of carbonyl (C=O) groups is 2. The summed E-state index contributed by atoms with van der Waals surface area (Å²) in [7, 11) is 0. The van der Waals surface area contributed by atoms with Gasteiger partial charge in [-0.05, 0) is 23.3 Å². The van der Waals surface area contributed by atoms with E-state index in [1.54, 1.807) is 18.2 Å². The van der Waals surface area contributed by atoms with E-state index in [1.165, 1.54) is 4.90 Å². The molecule has 0 aliphatic carbocycles. The molecule has 0 spiro atoms. The summed E-state index contributed by atoms with van der Waals surface area (Å²) >= 11 is 10.2. The molecule has 1 fully saturated rings. The largest absolute Gasteiger partial charge is 0.480 e. The van der Waals surface area contributed by atoms with E-state index in [2.05, 4.69) is 12.6 Å². The zero-order valence-electron chi connectivity index (χ0n) is 10.8. The molecule has 6 heteroatoms. The van der Waals surface area contributed by atoms with Gasteiger partial charge in [-0.1, -0.05) is 29.8 Å². The molecular formula is C14H16ClNO3S. The minimum atomic E-state index is -1.00. The highest BCUT2D eigenvalue weighted by molar-refractivity contribution is 7.80. The number of likely N-dealkylation sites (tertiary alicyclic amines) is 1. The fourth-order valence-corrected chi connectivity index (χ4v) is 2.89. The number of aliphatic carboxylic acids is 1. The fourth-order valence-electron chi connectivity index (χ4n) is 2.44. The predicted molar refractivity (Wildman–Crippen MR) is 80.3 cm³/mol. The van der Waals surface area contributed by atoms with Gasteiger partial charge in [-0.25, -0.2) is 4.79 Å². The van der Waals surface area contributed by atoms with Crippen LogP contribution < -0.4 is 0 Å². The highest BCUT2D eigenvalue weighted by Gasteiger charge is 2.37. The first-order valence-electron chi connectivity index (χ1n) is 6.39. The summed E-state index contributed by atoms with van der Waals surface area (Å²) in [4.78, 5) is 24.9. The second-order valence-electron chi connectivity index (χ2n) is 4.95. The topological polar surface area (TPSA) is 57.6 Å². The Morgan fingerprint density at radius 1 is 1.50 bits per heavy atom. The fraction of sp³-hybridized carbons (Fsp3) is 0.429. The Kier molecular flexibility index (Phi) is 4.94. The molecule has 1 heterocycles. The van der Waals surface area contributed by atoms with Gasteiger partial charge in [0.2, 0.25) is 5.91 Å².